The van der Waals surface area contributed by atoms with Gasteiger partial charge in [0.25, 0.3) is 0 Å². The fraction of sp³-hybridized carbons (Fsp3) is 0.583. The van der Waals surface area contributed by atoms with Gasteiger partial charge in [-0.3, -0.25) is 0 Å². The molecule has 31 heavy (non-hydrogen) atoms. The van der Waals surface area contributed by atoms with Crippen LogP contribution >= 0.6 is 0 Å². The Labute approximate surface area is 160 Å². The molecule has 1 aromatic rings. The van der Waals surface area contributed by atoms with E-state index in [4.69, 9.17) is 0 Å². The minimum atomic E-state index is -8.01. The van der Waals surface area contributed by atoms with Gasteiger partial charge in [0.15, 0.2) is 4.76 Å². The van der Waals surface area contributed by atoms with Crippen molar-refractivity contribution in [3.05, 3.63) is 32.8 Å². The number of nitrogens with zero attached hydrogens (tertiary/aromatic N) is 3. The van der Waals surface area contributed by atoms with Crippen molar-refractivity contribution in [2.24, 2.45) is 7.05 Å². The van der Waals surface area contributed by atoms with Crippen LogP contribution in [0.1, 0.15) is 10.5 Å². The summed E-state index contributed by atoms with van der Waals surface area (Å²) in [6, 6.07) is -6.66. The zero-order valence-electron chi connectivity index (χ0n) is 14.2. The first-order valence-corrected chi connectivity index (χ1v) is 7.09. The molecule has 1 rings (SSSR count). The molecule has 1 aromatic heterocycles. The molecular weight excluding hydrogens is 478 g/mol. The molecule has 7 nitrogen and oxygen atoms in total. The number of nitroso groups, excluding NO2 is 1. The number of amides is 1. The van der Waals surface area contributed by atoms with E-state index >= 15 is 0 Å². The van der Waals surface area contributed by atoms with Crippen LogP contribution in [0.5, 0.6) is 0 Å². The zero-order chi connectivity index (χ0) is 25.0. The molecule has 0 fully saturated rings. The zero-order valence-corrected chi connectivity index (χ0v) is 14.2. The molecule has 0 aliphatic carbocycles. The number of aromatic nitrogens is 1. The van der Waals surface area contributed by atoms with E-state index in [2.05, 4.69) is 0 Å². The van der Waals surface area contributed by atoms with Crippen molar-refractivity contribution in [2.45, 2.75) is 36.2 Å². The first kappa shape index (κ1) is 26.1. The van der Waals surface area contributed by atoms with Crippen LogP contribution in [0.15, 0.2) is 12.1 Å². The molecule has 1 amide bonds. The lowest BCUT2D eigenvalue weighted by Gasteiger charge is -2.35. The van der Waals surface area contributed by atoms with Gasteiger partial charge in [-0.25, -0.2) is 18.1 Å². The Hall–Kier alpha value is -2.89. The Morgan fingerprint density at radius 1 is 0.903 bits per heavy atom. The molecule has 1 heterocycles. The summed E-state index contributed by atoms with van der Waals surface area (Å²) in [5.74, 6) is -35.0. The normalized spacial score (nSPS) is 14.1. The van der Waals surface area contributed by atoms with Gasteiger partial charge in [-0.15, -0.1) is 8.78 Å². The van der Waals surface area contributed by atoms with E-state index < -0.39 is 63.3 Å². The Kier molecular flexibility index (Phi) is 6.21. The van der Waals surface area contributed by atoms with Crippen molar-refractivity contribution in [3.63, 3.8) is 0 Å². The first-order valence-electron chi connectivity index (χ1n) is 7.09. The number of rotatable bonds is 8. The summed E-state index contributed by atoms with van der Waals surface area (Å²) in [6.45, 7) is 0. The van der Waals surface area contributed by atoms with Gasteiger partial charge >= 0.3 is 47.9 Å². The quantitative estimate of drug-likeness (QED) is 0.182. The van der Waals surface area contributed by atoms with Crippen molar-refractivity contribution in [1.29, 1.82) is 0 Å². The highest BCUT2D eigenvalue weighted by molar-refractivity contribution is 5.86. The third kappa shape index (κ3) is 3.48. The van der Waals surface area contributed by atoms with E-state index in [1.165, 1.54) is 0 Å². The topological polar surface area (TPSA) is 85.2 Å². The van der Waals surface area contributed by atoms with E-state index in [1.807, 2.05) is 0 Å². The average molecular weight is 484 g/mol. The maximum absolute atomic E-state index is 13.7. The summed E-state index contributed by atoms with van der Waals surface area (Å²) in [4.78, 5) is 32.3. The van der Waals surface area contributed by atoms with Crippen LogP contribution in [0.25, 0.3) is 0 Å². The summed E-state index contributed by atoms with van der Waals surface area (Å²) in [5, 5.41) is 10.6. The number of hydrogen-bond donors (Lipinski definition) is 0. The highest BCUT2D eigenvalue weighted by atomic mass is 19.4. The lowest BCUT2D eigenvalue weighted by atomic mass is 9.97. The van der Waals surface area contributed by atoms with Crippen molar-refractivity contribution in [2.75, 3.05) is 0 Å². The molecule has 19 heteroatoms. The van der Waals surface area contributed by atoms with Crippen LogP contribution in [-0.4, -0.2) is 56.3 Å². The van der Waals surface area contributed by atoms with Crippen LogP contribution in [0, 0.1) is 15.0 Å². The van der Waals surface area contributed by atoms with Gasteiger partial charge in [0.1, 0.15) is 0 Å². The number of carbonyl (C=O) groups is 1. The predicted octanol–water partition coefficient (Wildman–Crippen LogP) is 4.25. The fourth-order valence-corrected chi connectivity index (χ4v) is 1.99. The van der Waals surface area contributed by atoms with Gasteiger partial charge < -0.3 is 10.1 Å². The van der Waals surface area contributed by atoms with E-state index in [9.17, 15) is 72.5 Å². The minimum absolute atomic E-state index is 0.0269. The fourth-order valence-electron chi connectivity index (χ4n) is 1.99. The maximum atomic E-state index is 13.7. The third-order valence-corrected chi connectivity index (χ3v) is 3.80. The van der Waals surface area contributed by atoms with Crippen molar-refractivity contribution >= 4 is 11.7 Å². The molecule has 0 saturated heterocycles. The summed E-state index contributed by atoms with van der Waals surface area (Å²) < 4.78 is 154. The van der Waals surface area contributed by atoms with E-state index in [-0.39, 0.29) is 10.6 Å². The largest absolute Gasteiger partial charge is 0.582 e. The molecule has 0 spiro atoms. The second-order valence-electron chi connectivity index (χ2n) is 5.68. The standard InChI is InChI=1S/C12H6F12N3O4/c1-25-4(2-3-5(25)27(30)31)6(28)26(29)12(23,24)11(21,22)10(19,20)9(17,18)8(15,16)7(13)14/h2-3,7H,1H3/q+1. The van der Waals surface area contributed by atoms with Crippen LogP contribution in [0.4, 0.5) is 58.5 Å². The van der Waals surface area contributed by atoms with Crippen molar-refractivity contribution < 1.29 is 67.2 Å². The number of alkyl halides is 12. The molecular formula is C12H6F12N3O4+. The average Bonchev–Trinajstić information content (AvgIpc) is 3.01. The summed E-state index contributed by atoms with van der Waals surface area (Å²) >= 11 is 0. The predicted molar refractivity (Wildman–Crippen MR) is 70.8 cm³/mol. The number of carbonyl (C=O) groups excluding carboxylic acids is 1. The Balaban J connectivity index is 3.51. The second kappa shape index (κ2) is 7.36. The third-order valence-electron chi connectivity index (χ3n) is 3.80. The monoisotopic (exact) mass is 484 g/mol. The molecule has 0 saturated carbocycles. The molecule has 0 atom stereocenters. The van der Waals surface area contributed by atoms with Gasteiger partial charge in [-0.1, -0.05) is 0 Å². The molecule has 0 bridgehead atoms. The van der Waals surface area contributed by atoms with Crippen molar-refractivity contribution in [1.82, 2.24) is 4.57 Å². The first-order chi connectivity index (χ1) is 13.6. The maximum Gasteiger partial charge on any atom is 0.582 e. The van der Waals surface area contributed by atoms with E-state index in [0.717, 1.165) is 0 Å². The Morgan fingerprint density at radius 3 is 1.71 bits per heavy atom. The number of nitro groups is 1. The summed E-state index contributed by atoms with van der Waals surface area (Å²) in [7, 11) is 0.543. The van der Waals surface area contributed by atoms with Crippen LogP contribution in [-0.2, 0) is 7.05 Å². The van der Waals surface area contributed by atoms with E-state index in [1.54, 1.807) is 0 Å². The number of hydrogen-bond acceptors (Lipinski definition) is 4. The van der Waals surface area contributed by atoms with Gasteiger partial charge in [-0.2, -0.15) is 35.1 Å². The van der Waals surface area contributed by atoms with Gasteiger partial charge in [0.2, 0.25) is 5.69 Å². The van der Waals surface area contributed by atoms with Crippen LogP contribution in [0.3, 0.4) is 0 Å². The highest BCUT2D eigenvalue weighted by Gasteiger charge is 2.93. The van der Waals surface area contributed by atoms with Gasteiger partial charge in [0.05, 0.1) is 7.05 Å². The Bertz CT molecular complexity index is 911. The summed E-state index contributed by atoms with van der Waals surface area (Å²) in [6.07, 6.45) is -5.73. The van der Waals surface area contributed by atoms with Crippen molar-refractivity contribution in [3.8, 4) is 0 Å². The molecule has 0 aliphatic heterocycles. The molecule has 0 aromatic carbocycles. The SMILES string of the molecule is Cn1c(C(=O)[N+](=O)C(F)(F)C(F)(F)C(F)(F)C(F)(F)C(F)(F)C(F)F)ccc1[N+](=O)[O-]. The second-order valence-corrected chi connectivity index (χ2v) is 5.68. The lowest BCUT2D eigenvalue weighted by Crippen LogP contribution is -2.70. The minimum Gasteiger partial charge on any atom is -0.358 e. The molecule has 0 N–H and O–H groups in total. The smallest absolute Gasteiger partial charge is 0.358 e. The molecule has 0 radical (unpaired) electrons. The van der Waals surface area contributed by atoms with E-state index in [0.29, 0.717) is 13.1 Å². The van der Waals surface area contributed by atoms with Gasteiger partial charge in [-0.05, 0) is 4.92 Å². The highest BCUT2D eigenvalue weighted by Crippen LogP contribution is 2.58. The lowest BCUT2D eigenvalue weighted by molar-refractivity contribution is -0.666. The number of halogens is 12. The molecule has 0 unspecified atom stereocenters. The van der Waals surface area contributed by atoms with Crippen LogP contribution in [0.2, 0.25) is 0 Å². The Morgan fingerprint density at radius 2 is 1.35 bits per heavy atom. The summed E-state index contributed by atoms with van der Waals surface area (Å²) in [5.41, 5.74) is -1.51. The van der Waals surface area contributed by atoms with Gasteiger partial charge in [0, 0.05) is 17.0 Å². The van der Waals surface area contributed by atoms with Crippen LogP contribution < -0.4 is 0 Å². The molecule has 0 aliphatic rings. The molecule has 176 valence electrons.